The van der Waals surface area contributed by atoms with Crippen molar-refractivity contribution in [3.63, 3.8) is 0 Å². The quantitative estimate of drug-likeness (QED) is 0.821. The maximum atomic E-state index is 9.35. The summed E-state index contributed by atoms with van der Waals surface area (Å²) >= 11 is 3.89. The van der Waals surface area contributed by atoms with Crippen molar-refractivity contribution in [3.05, 3.63) is 26.6 Å². The van der Waals surface area contributed by atoms with E-state index in [1.807, 2.05) is 6.07 Å². The number of rotatable bonds is 1. The van der Waals surface area contributed by atoms with Crippen molar-refractivity contribution in [2.75, 3.05) is 0 Å². The van der Waals surface area contributed by atoms with Crippen LogP contribution in [0.15, 0.2) is 18.2 Å². The molecule has 2 rings (SSSR count). The number of aromatic hydroxyl groups is 1. The van der Waals surface area contributed by atoms with Gasteiger partial charge in [-0.1, -0.05) is 0 Å². The molecule has 0 aliphatic rings. The second-order valence-corrected chi connectivity index (χ2v) is 5.73. The predicted octanol–water partition coefficient (Wildman–Crippen LogP) is 3.28. The molecule has 0 atom stereocenters. The summed E-state index contributed by atoms with van der Waals surface area (Å²) in [6.07, 6.45) is 0.404. The minimum absolute atomic E-state index is 0.255. The molecule has 0 bridgehead atoms. The Balaban J connectivity index is 2.74. The molecule has 1 N–H and O–H groups in total. The lowest BCUT2D eigenvalue weighted by Crippen LogP contribution is -1.80. The van der Waals surface area contributed by atoms with E-state index in [2.05, 4.69) is 28.7 Å². The summed E-state index contributed by atoms with van der Waals surface area (Å²) in [6, 6.07) is 7.42. The Morgan fingerprint density at radius 1 is 1.50 bits per heavy atom. The molecule has 2 aromatic rings. The Labute approximate surface area is 98.9 Å². The minimum Gasteiger partial charge on any atom is -0.508 e. The average Bonchev–Trinajstić information content (AvgIpc) is 2.45. The van der Waals surface area contributed by atoms with Gasteiger partial charge in [0.15, 0.2) is 0 Å². The molecule has 0 unspecified atom stereocenters. The van der Waals surface area contributed by atoms with Gasteiger partial charge < -0.3 is 5.11 Å². The van der Waals surface area contributed by atoms with Gasteiger partial charge in [0.05, 0.1) is 15.4 Å². The molecule has 0 amide bonds. The molecule has 4 heteroatoms. The second-order valence-electron chi connectivity index (χ2n) is 2.87. The predicted molar refractivity (Wildman–Crippen MR) is 65.5 cm³/mol. The van der Waals surface area contributed by atoms with Gasteiger partial charge in [-0.25, -0.2) is 0 Å². The third-order valence-electron chi connectivity index (χ3n) is 1.98. The third kappa shape index (κ3) is 1.57. The molecular formula is C10H6INOS. The number of halogens is 1. The van der Waals surface area contributed by atoms with Crippen LogP contribution in [0.5, 0.6) is 5.75 Å². The number of phenolic OH excluding ortho intramolecular Hbond substituents is 1. The Kier molecular flexibility index (Phi) is 2.61. The fourth-order valence-electron chi connectivity index (χ4n) is 1.35. The molecule has 70 valence electrons. The smallest absolute Gasteiger partial charge is 0.116 e. The zero-order valence-corrected chi connectivity index (χ0v) is 10.1. The van der Waals surface area contributed by atoms with Gasteiger partial charge in [0.25, 0.3) is 0 Å². The highest BCUT2D eigenvalue weighted by Crippen LogP contribution is 2.34. The molecule has 0 spiro atoms. The Morgan fingerprint density at radius 3 is 3.00 bits per heavy atom. The average molecular weight is 315 g/mol. The van der Waals surface area contributed by atoms with E-state index in [1.54, 1.807) is 23.5 Å². The number of benzene rings is 1. The third-order valence-corrected chi connectivity index (χ3v) is 4.29. The summed E-state index contributed by atoms with van der Waals surface area (Å²) < 4.78 is 2.25. The highest BCUT2D eigenvalue weighted by molar-refractivity contribution is 14.1. The van der Waals surface area contributed by atoms with Crippen molar-refractivity contribution < 1.29 is 5.11 Å². The van der Waals surface area contributed by atoms with E-state index in [4.69, 9.17) is 5.26 Å². The number of nitrogens with zero attached hydrogens (tertiary/aromatic N) is 1. The molecule has 0 radical (unpaired) electrons. The van der Waals surface area contributed by atoms with Crippen LogP contribution in [-0.4, -0.2) is 5.11 Å². The summed E-state index contributed by atoms with van der Waals surface area (Å²) in [5.41, 5.74) is 1.03. The van der Waals surface area contributed by atoms with Crippen LogP contribution < -0.4 is 0 Å². The van der Waals surface area contributed by atoms with E-state index in [9.17, 15) is 5.11 Å². The first-order valence-electron chi connectivity index (χ1n) is 3.99. The number of nitriles is 1. The molecule has 0 fully saturated rings. The number of fused-ring (bicyclic) bond motifs is 1. The molecule has 0 saturated carbocycles. The van der Waals surface area contributed by atoms with E-state index in [1.165, 1.54) is 0 Å². The minimum atomic E-state index is 0.255. The van der Waals surface area contributed by atoms with Gasteiger partial charge in [-0.3, -0.25) is 0 Å². The number of hydrogen-bond donors (Lipinski definition) is 1. The van der Waals surface area contributed by atoms with Crippen LogP contribution in [0.25, 0.3) is 10.1 Å². The van der Waals surface area contributed by atoms with Crippen LogP contribution in [-0.2, 0) is 6.42 Å². The van der Waals surface area contributed by atoms with Gasteiger partial charge in [-0.05, 0) is 46.4 Å². The Bertz CT molecular complexity index is 527. The zero-order chi connectivity index (χ0) is 10.1. The lowest BCUT2D eigenvalue weighted by molar-refractivity contribution is 0.476. The van der Waals surface area contributed by atoms with Gasteiger partial charge in [0.2, 0.25) is 0 Å². The summed E-state index contributed by atoms with van der Waals surface area (Å²) in [6.45, 7) is 0. The molecule has 1 heterocycles. The van der Waals surface area contributed by atoms with E-state index < -0.39 is 0 Å². The van der Waals surface area contributed by atoms with E-state index in [-0.39, 0.29) is 5.75 Å². The standard InChI is InChI=1S/C10H6INOS/c11-10-7(3-4-12)8-5-6(13)1-2-9(8)14-10/h1-2,5,13H,3H2. The van der Waals surface area contributed by atoms with Crippen molar-refractivity contribution in [3.8, 4) is 11.8 Å². The fraction of sp³-hybridized carbons (Fsp3) is 0.100. The fourth-order valence-corrected chi connectivity index (χ4v) is 3.47. The maximum Gasteiger partial charge on any atom is 0.116 e. The zero-order valence-electron chi connectivity index (χ0n) is 7.12. The normalized spacial score (nSPS) is 10.3. The largest absolute Gasteiger partial charge is 0.508 e. The highest BCUT2D eigenvalue weighted by atomic mass is 127. The first-order chi connectivity index (χ1) is 6.72. The summed E-state index contributed by atoms with van der Waals surface area (Å²) in [7, 11) is 0. The van der Waals surface area contributed by atoms with E-state index >= 15 is 0 Å². The van der Waals surface area contributed by atoms with E-state index in [0.29, 0.717) is 6.42 Å². The molecule has 0 saturated heterocycles. The van der Waals surface area contributed by atoms with Crippen molar-refractivity contribution in [2.24, 2.45) is 0 Å². The topological polar surface area (TPSA) is 44.0 Å². The first kappa shape index (κ1) is 9.74. The monoisotopic (exact) mass is 315 g/mol. The summed E-state index contributed by atoms with van der Waals surface area (Å²) in [5.74, 6) is 0.255. The molecule has 14 heavy (non-hydrogen) atoms. The maximum absolute atomic E-state index is 9.35. The molecule has 1 aromatic carbocycles. The van der Waals surface area contributed by atoms with Crippen LogP contribution >= 0.6 is 33.9 Å². The van der Waals surface area contributed by atoms with Crippen LogP contribution in [0.4, 0.5) is 0 Å². The van der Waals surface area contributed by atoms with Crippen LogP contribution in [0.1, 0.15) is 5.56 Å². The number of phenols is 1. The van der Waals surface area contributed by atoms with Crippen molar-refractivity contribution >= 4 is 44.0 Å². The van der Waals surface area contributed by atoms with Crippen LogP contribution in [0, 0.1) is 14.2 Å². The van der Waals surface area contributed by atoms with Gasteiger partial charge in [-0.15, -0.1) is 11.3 Å². The summed E-state index contributed by atoms with van der Waals surface area (Å²) in [4.78, 5) is 0. The number of thiophene rings is 1. The van der Waals surface area contributed by atoms with Crippen molar-refractivity contribution in [2.45, 2.75) is 6.42 Å². The number of hydrogen-bond acceptors (Lipinski definition) is 3. The lowest BCUT2D eigenvalue weighted by Gasteiger charge is -1.94. The van der Waals surface area contributed by atoms with E-state index in [0.717, 1.165) is 18.5 Å². The van der Waals surface area contributed by atoms with Crippen molar-refractivity contribution in [1.29, 1.82) is 5.26 Å². The van der Waals surface area contributed by atoms with Gasteiger partial charge >= 0.3 is 0 Å². The Morgan fingerprint density at radius 2 is 2.29 bits per heavy atom. The van der Waals surface area contributed by atoms with Gasteiger partial charge in [0.1, 0.15) is 5.75 Å². The molecular weight excluding hydrogens is 309 g/mol. The highest BCUT2D eigenvalue weighted by Gasteiger charge is 2.09. The molecule has 1 aromatic heterocycles. The van der Waals surface area contributed by atoms with Crippen molar-refractivity contribution in [1.82, 2.24) is 0 Å². The second kappa shape index (κ2) is 3.75. The Hall–Kier alpha value is -0.800. The van der Waals surface area contributed by atoms with Gasteiger partial charge in [0, 0.05) is 10.1 Å². The molecule has 2 nitrogen and oxygen atoms in total. The summed E-state index contributed by atoms with van der Waals surface area (Å²) in [5, 5.41) is 19.0. The lowest BCUT2D eigenvalue weighted by atomic mass is 10.1. The van der Waals surface area contributed by atoms with Gasteiger partial charge in [-0.2, -0.15) is 5.26 Å². The molecule has 0 aliphatic carbocycles. The first-order valence-corrected chi connectivity index (χ1v) is 5.88. The SMILES string of the molecule is N#CCc1c(I)sc2ccc(O)cc12. The van der Waals surface area contributed by atoms with Crippen LogP contribution in [0.3, 0.4) is 0 Å². The van der Waals surface area contributed by atoms with Crippen LogP contribution in [0.2, 0.25) is 0 Å². The molecule has 0 aliphatic heterocycles.